The second kappa shape index (κ2) is 6.79. The van der Waals surface area contributed by atoms with Crippen LogP contribution in [0.5, 0.6) is 5.75 Å². The quantitative estimate of drug-likeness (QED) is 0.829. The first-order valence-electron chi connectivity index (χ1n) is 6.87. The molecule has 2 aromatic rings. The molecule has 2 rings (SSSR count). The molecule has 0 radical (unpaired) electrons. The van der Waals surface area contributed by atoms with Crippen molar-refractivity contribution in [3.05, 3.63) is 59.2 Å². The van der Waals surface area contributed by atoms with Gasteiger partial charge in [0.25, 0.3) is 5.91 Å². The Morgan fingerprint density at radius 3 is 2.76 bits per heavy atom. The lowest BCUT2D eigenvalue weighted by Gasteiger charge is -2.10. The first-order valence-corrected chi connectivity index (χ1v) is 6.87. The third-order valence-corrected chi connectivity index (χ3v) is 3.25. The molecular weight excluding hydrogens is 264 g/mol. The smallest absolute Gasteiger partial charge is 0.255 e. The van der Waals surface area contributed by atoms with Gasteiger partial charge in [-0.25, -0.2) is 0 Å². The number of nitrogen functional groups attached to an aromatic ring is 1. The van der Waals surface area contributed by atoms with Crippen LogP contribution in [-0.2, 0) is 6.42 Å². The number of hydrogen-bond donors (Lipinski definition) is 2. The molecule has 0 heterocycles. The Kier molecular flexibility index (Phi) is 4.82. The highest BCUT2D eigenvalue weighted by molar-refractivity contribution is 5.97. The first kappa shape index (κ1) is 14.9. The van der Waals surface area contributed by atoms with E-state index in [1.807, 2.05) is 6.07 Å². The summed E-state index contributed by atoms with van der Waals surface area (Å²) < 4.78 is 5.19. The molecule has 21 heavy (non-hydrogen) atoms. The molecule has 1 amide bonds. The molecule has 0 fully saturated rings. The van der Waals surface area contributed by atoms with E-state index in [1.165, 1.54) is 18.2 Å². The molecule has 0 aliphatic carbocycles. The van der Waals surface area contributed by atoms with Crippen molar-refractivity contribution in [1.82, 2.24) is 5.32 Å². The standard InChI is InChI=1S/C17H20N2O2/c1-12-4-3-5-13(10-12)8-9-19-17(20)15-11-14(18)6-7-16(15)21-2/h3-7,10-11H,8-9,18H2,1-2H3,(H,19,20). The number of aryl methyl sites for hydroxylation is 1. The molecular formula is C17H20N2O2. The summed E-state index contributed by atoms with van der Waals surface area (Å²) in [4.78, 5) is 12.2. The van der Waals surface area contributed by atoms with Gasteiger partial charge in [-0.3, -0.25) is 4.79 Å². The van der Waals surface area contributed by atoms with Gasteiger partial charge in [-0.1, -0.05) is 29.8 Å². The molecule has 4 nitrogen and oxygen atoms in total. The molecule has 0 aliphatic heterocycles. The van der Waals surface area contributed by atoms with Gasteiger partial charge in [0.15, 0.2) is 0 Å². The lowest BCUT2D eigenvalue weighted by atomic mass is 10.1. The average molecular weight is 284 g/mol. The van der Waals surface area contributed by atoms with Gasteiger partial charge in [0, 0.05) is 12.2 Å². The number of anilines is 1. The minimum atomic E-state index is -0.174. The van der Waals surface area contributed by atoms with Gasteiger partial charge in [0.2, 0.25) is 0 Å². The Morgan fingerprint density at radius 2 is 2.05 bits per heavy atom. The molecule has 0 atom stereocenters. The van der Waals surface area contributed by atoms with Crippen LogP contribution in [0.25, 0.3) is 0 Å². The lowest BCUT2D eigenvalue weighted by molar-refractivity contribution is 0.0951. The van der Waals surface area contributed by atoms with Crippen molar-refractivity contribution in [3.8, 4) is 5.75 Å². The van der Waals surface area contributed by atoms with Crippen molar-refractivity contribution in [3.63, 3.8) is 0 Å². The number of methoxy groups -OCH3 is 1. The normalized spacial score (nSPS) is 10.2. The van der Waals surface area contributed by atoms with Gasteiger partial charge in [0.1, 0.15) is 5.75 Å². The van der Waals surface area contributed by atoms with Gasteiger partial charge in [-0.15, -0.1) is 0 Å². The maximum atomic E-state index is 12.2. The van der Waals surface area contributed by atoms with E-state index in [-0.39, 0.29) is 5.91 Å². The van der Waals surface area contributed by atoms with E-state index in [0.29, 0.717) is 23.5 Å². The molecule has 0 unspecified atom stereocenters. The number of hydrogen-bond acceptors (Lipinski definition) is 3. The Bertz CT molecular complexity index is 638. The fourth-order valence-electron chi connectivity index (χ4n) is 2.19. The van der Waals surface area contributed by atoms with Gasteiger partial charge >= 0.3 is 0 Å². The predicted molar refractivity (Wildman–Crippen MR) is 84.6 cm³/mol. The summed E-state index contributed by atoms with van der Waals surface area (Å²) in [6, 6.07) is 13.3. The fourth-order valence-corrected chi connectivity index (χ4v) is 2.19. The first-order chi connectivity index (χ1) is 10.1. The van der Waals surface area contributed by atoms with E-state index in [1.54, 1.807) is 18.2 Å². The topological polar surface area (TPSA) is 64.3 Å². The number of amides is 1. The Hall–Kier alpha value is -2.49. The van der Waals surface area contributed by atoms with Crippen LogP contribution in [0.4, 0.5) is 5.69 Å². The predicted octanol–water partition coefficient (Wildman–Crippen LogP) is 2.56. The number of benzene rings is 2. The van der Waals surface area contributed by atoms with Crippen molar-refractivity contribution in [1.29, 1.82) is 0 Å². The number of rotatable bonds is 5. The summed E-state index contributed by atoms with van der Waals surface area (Å²) >= 11 is 0. The summed E-state index contributed by atoms with van der Waals surface area (Å²) in [6.45, 7) is 2.62. The van der Waals surface area contributed by atoms with Crippen molar-refractivity contribution >= 4 is 11.6 Å². The molecule has 3 N–H and O–H groups in total. The van der Waals surface area contributed by atoms with Crippen LogP contribution in [0.1, 0.15) is 21.5 Å². The van der Waals surface area contributed by atoms with Crippen LogP contribution in [0.2, 0.25) is 0 Å². The summed E-state index contributed by atoms with van der Waals surface area (Å²) in [5.41, 5.74) is 9.14. The van der Waals surface area contributed by atoms with Crippen LogP contribution in [-0.4, -0.2) is 19.6 Å². The van der Waals surface area contributed by atoms with E-state index in [0.717, 1.165) is 6.42 Å². The van der Waals surface area contributed by atoms with Gasteiger partial charge < -0.3 is 15.8 Å². The van der Waals surface area contributed by atoms with Crippen LogP contribution < -0.4 is 15.8 Å². The van der Waals surface area contributed by atoms with E-state index in [2.05, 4.69) is 30.4 Å². The lowest BCUT2D eigenvalue weighted by Crippen LogP contribution is -2.26. The third-order valence-electron chi connectivity index (χ3n) is 3.25. The van der Waals surface area contributed by atoms with Crippen LogP contribution in [0.15, 0.2) is 42.5 Å². The highest BCUT2D eigenvalue weighted by Gasteiger charge is 2.12. The summed E-state index contributed by atoms with van der Waals surface area (Å²) in [5, 5.41) is 2.89. The zero-order valence-electron chi connectivity index (χ0n) is 12.3. The molecule has 4 heteroatoms. The van der Waals surface area contributed by atoms with Crippen molar-refractivity contribution in [2.75, 3.05) is 19.4 Å². The van der Waals surface area contributed by atoms with Gasteiger partial charge in [-0.05, 0) is 37.1 Å². The number of nitrogens with one attached hydrogen (secondary N) is 1. The molecule has 0 aliphatic rings. The molecule has 0 bridgehead atoms. The van der Waals surface area contributed by atoms with E-state index >= 15 is 0 Å². The second-order valence-corrected chi connectivity index (χ2v) is 4.95. The van der Waals surface area contributed by atoms with E-state index in [9.17, 15) is 4.79 Å². The number of ether oxygens (including phenoxy) is 1. The molecule has 0 spiro atoms. The van der Waals surface area contributed by atoms with Gasteiger partial charge in [0.05, 0.1) is 12.7 Å². The summed E-state index contributed by atoms with van der Waals surface area (Å²) in [7, 11) is 1.54. The molecule has 0 saturated heterocycles. The SMILES string of the molecule is COc1ccc(N)cc1C(=O)NCCc1cccc(C)c1. The third kappa shape index (κ3) is 3.99. The summed E-state index contributed by atoms with van der Waals surface area (Å²) in [6.07, 6.45) is 0.790. The summed E-state index contributed by atoms with van der Waals surface area (Å²) in [5.74, 6) is 0.351. The zero-order valence-corrected chi connectivity index (χ0v) is 12.3. The maximum Gasteiger partial charge on any atom is 0.255 e. The minimum absolute atomic E-state index is 0.174. The minimum Gasteiger partial charge on any atom is -0.496 e. The highest BCUT2D eigenvalue weighted by Crippen LogP contribution is 2.20. The van der Waals surface area contributed by atoms with Crippen molar-refractivity contribution < 1.29 is 9.53 Å². The monoisotopic (exact) mass is 284 g/mol. The van der Waals surface area contributed by atoms with Crippen LogP contribution in [0.3, 0.4) is 0 Å². The fraction of sp³-hybridized carbons (Fsp3) is 0.235. The average Bonchev–Trinajstić information content (AvgIpc) is 2.47. The Morgan fingerprint density at radius 1 is 1.24 bits per heavy atom. The molecule has 0 saturated carbocycles. The zero-order chi connectivity index (χ0) is 15.2. The van der Waals surface area contributed by atoms with E-state index in [4.69, 9.17) is 10.5 Å². The molecule has 110 valence electrons. The van der Waals surface area contributed by atoms with Crippen molar-refractivity contribution in [2.24, 2.45) is 0 Å². The second-order valence-electron chi connectivity index (χ2n) is 4.95. The molecule has 2 aromatic carbocycles. The number of carbonyl (C=O) groups excluding carboxylic acids is 1. The Labute approximate surface area is 124 Å². The maximum absolute atomic E-state index is 12.2. The van der Waals surface area contributed by atoms with Crippen molar-refractivity contribution in [2.45, 2.75) is 13.3 Å². The highest BCUT2D eigenvalue weighted by atomic mass is 16.5. The van der Waals surface area contributed by atoms with Gasteiger partial charge in [-0.2, -0.15) is 0 Å². The molecule has 0 aromatic heterocycles. The van der Waals surface area contributed by atoms with E-state index < -0.39 is 0 Å². The number of nitrogens with two attached hydrogens (primary N) is 1. The van der Waals surface area contributed by atoms with Crippen LogP contribution >= 0.6 is 0 Å². The largest absolute Gasteiger partial charge is 0.496 e. The van der Waals surface area contributed by atoms with Crippen LogP contribution in [0, 0.1) is 6.92 Å². The Balaban J connectivity index is 1.97. The number of carbonyl (C=O) groups is 1.